The summed E-state index contributed by atoms with van der Waals surface area (Å²) in [5.41, 5.74) is 6.64. The molecule has 76 valence electrons. The van der Waals surface area contributed by atoms with Crippen molar-refractivity contribution in [3.8, 4) is 0 Å². The van der Waals surface area contributed by atoms with Crippen molar-refractivity contribution < 1.29 is 4.68 Å². The van der Waals surface area contributed by atoms with Crippen molar-refractivity contribution in [2.75, 3.05) is 5.73 Å². The fourth-order valence-electron chi connectivity index (χ4n) is 1.06. The number of benzene rings is 1. The van der Waals surface area contributed by atoms with Crippen LogP contribution < -0.4 is 10.4 Å². The number of aromatic nitrogens is 4. The molecule has 0 aliphatic rings. The first-order valence-electron chi connectivity index (χ1n) is 4.44. The third kappa shape index (κ3) is 1.98. The first-order valence-corrected chi connectivity index (χ1v) is 4.44. The number of hydrogen-bond acceptors (Lipinski definition) is 4. The molecule has 2 aromatic rings. The molecule has 2 rings (SSSR count). The first-order chi connectivity index (χ1) is 7.27. The summed E-state index contributed by atoms with van der Waals surface area (Å²) in [6.45, 7) is 0. The molecule has 0 atom stereocenters. The molecule has 0 aliphatic carbocycles. The number of nitrogen functional groups attached to an aromatic ring is 1. The second-order valence-corrected chi connectivity index (χ2v) is 3.01. The average Bonchev–Trinajstić information content (AvgIpc) is 2.59. The van der Waals surface area contributed by atoms with E-state index in [2.05, 4.69) is 15.5 Å². The van der Waals surface area contributed by atoms with Gasteiger partial charge in [-0.05, 0) is 5.56 Å². The van der Waals surface area contributed by atoms with Crippen LogP contribution in [0.4, 0.5) is 5.95 Å². The van der Waals surface area contributed by atoms with Crippen LogP contribution in [-0.2, 0) is 7.05 Å². The first kappa shape index (κ1) is 9.32. The lowest BCUT2D eigenvalue weighted by atomic mass is 10.2. The lowest BCUT2D eigenvalue weighted by Crippen LogP contribution is -2.33. The van der Waals surface area contributed by atoms with Gasteiger partial charge in [-0.2, -0.15) is 0 Å². The monoisotopic (exact) mass is 203 g/mol. The summed E-state index contributed by atoms with van der Waals surface area (Å²) in [6, 6.07) is 9.70. The summed E-state index contributed by atoms with van der Waals surface area (Å²) in [7, 11) is 1.71. The van der Waals surface area contributed by atoms with E-state index in [1.54, 1.807) is 13.3 Å². The molecule has 2 N–H and O–H groups in total. The number of rotatable bonds is 2. The predicted octanol–water partition coefficient (Wildman–Crippen LogP) is -0.433. The molecule has 0 spiro atoms. The fourth-order valence-corrected chi connectivity index (χ4v) is 1.06. The standard InChI is InChI=1S/C9H10N6/c1-14-9(10)15(13-12-14)11-7-8-5-3-2-4-6-8/h2-7,10H,1H3/p+1. The number of anilines is 1. The van der Waals surface area contributed by atoms with E-state index in [1.165, 1.54) is 9.47 Å². The zero-order valence-corrected chi connectivity index (χ0v) is 8.28. The Balaban J connectivity index is 2.23. The Bertz CT molecular complexity index is 473. The summed E-state index contributed by atoms with van der Waals surface area (Å²) in [6.07, 6.45) is 1.67. The maximum Gasteiger partial charge on any atom is 0.388 e. The topological polar surface area (TPSA) is 73.0 Å². The summed E-state index contributed by atoms with van der Waals surface area (Å²) < 4.78 is 1.45. The lowest BCUT2D eigenvalue weighted by molar-refractivity contribution is -0.718. The van der Waals surface area contributed by atoms with E-state index in [9.17, 15) is 0 Å². The molecular formula is C9H11N6+. The van der Waals surface area contributed by atoms with Gasteiger partial charge in [-0.1, -0.05) is 35.4 Å². The van der Waals surface area contributed by atoms with Gasteiger partial charge in [0.15, 0.2) is 0 Å². The normalized spacial score (nSPS) is 11.0. The minimum absolute atomic E-state index is 0.377. The third-order valence-corrected chi connectivity index (χ3v) is 1.91. The van der Waals surface area contributed by atoms with Gasteiger partial charge in [0.2, 0.25) is 0 Å². The Morgan fingerprint density at radius 3 is 2.73 bits per heavy atom. The summed E-state index contributed by atoms with van der Waals surface area (Å²) in [5, 5.41) is 11.5. The van der Waals surface area contributed by atoms with Crippen LogP contribution in [0.3, 0.4) is 0 Å². The van der Waals surface area contributed by atoms with Gasteiger partial charge in [-0.25, -0.2) is 0 Å². The minimum atomic E-state index is 0.377. The zero-order valence-electron chi connectivity index (χ0n) is 8.28. The van der Waals surface area contributed by atoms with Crippen molar-refractivity contribution in [3.63, 3.8) is 0 Å². The van der Waals surface area contributed by atoms with Gasteiger partial charge in [-0.15, -0.1) is 4.68 Å². The quantitative estimate of drug-likeness (QED) is 0.531. The highest BCUT2D eigenvalue weighted by atomic mass is 15.7. The molecule has 1 aromatic heterocycles. The molecule has 0 unspecified atom stereocenters. The maximum absolute atomic E-state index is 5.65. The van der Waals surface area contributed by atoms with E-state index in [0.717, 1.165) is 5.56 Å². The number of aryl methyl sites for hydroxylation is 1. The summed E-state index contributed by atoms with van der Waals surface area (Å²) in [4.78, 5) is 1.27. The van der Waals surface area contributed by atoms with Gasteiger partial charge in [0.25, 0.3) is 0 Å². The highest BCUT2D eigenvalue weighted by Crippen LogP contribution is 1.95. The second kappa shape index (κ2) is 3.87. The van der Waals surface area contributed by atoms with Crippen LogP contribution in [-0.4, -0.2) is 21.4 Å². The van der Waals surface area contributed by atoms with Crippen molar-refractivity contribution >= 4 is 12.2 Å². The minimum Gasteiger partial charge on any atom is -0.304 e. The van der Waals surface area contributed by atoms with E-state index in [-0.39, 0.29) is 0 Å². The van der Waals surface area contributed by atoms with Gasteiger partial charge >= 0.3 is 5.95 Å². The molecule has 6 nitrogen and oxygen atoms in total. The van der Waals surface area contributed by atoms with E-state index in [0.29, 0.717) is 5.95 Å². The highest BCUT2D eigenvalue weighted by Gasteiger charge is 2.10. The molecule has 0 saturated carbocycles. The molecule has 0 fully saturated rings. The van der Waals surface area contributed by atoms with Gasteiger partial charge in [-0.3, -0.25) is 0 Å². The predicted molar refractivity (Wildman–Crippen MR) is 55.0 cm³/mol. The molecule has 0 aliphatic heterocycles. The van der Waals surface area contributed by atoms with E-state index in [1.807, 2.05) is 30.3 Å². The highest BCUT2D eigenvalue weighted by molar-refractivity contribution is 5.79. The Hall–Kier alpha value is -2.24. The van der Waals surface area contributed by atoms with Gasteiger partial charge < -0.3 is 5.73 Å². The summed E-state index contributed by atoms with van der Waals surface area (Å²) in [5.74, 6) is 0.377. The third-order valence-electron chi connectivity index (χ3n) is 1.91. The van der Waals surface area contributed by atoms with Crippen LogP contribution in [0.1, 0.15) is 5.56 Å². The van der Waals surface area contributed by atoms with Crippen molar-refractivity contribution in [1.29, 1.82) is 0 Å². The van der Waals surface area contributed by atoms with Crippen LogP contribution in [0, 0.1) is 0 Å². The molecule has 0 bridgehead atoms. The molecule has 0 radical (unpaired) electrons. The lowest BCUT2D eigenvalue weighted by Gasteiger charge is -1.88. The second-order valence-electron chi connectivity index (χ2n) is 3.01. The maximum atomic E-state index is 5.65. The van der Waals surface area contributed by atoms with E-state index in [4.69, 9.17) is 5.73 Å². The van der Waals surface area contributed by atoms with Crippen LogP contribution in [0.2, 0.25) is 0 Å². The number of nitrogens with two attached hydrogens (primary N) is 1. The van der Waals surface area contributed by atoms with Crippen molar-refractivity contribution in [3.05, 3.63) is 35.9 Å². The van der Waals surface area contributed by atoms with Crippen LogP contribution >= 0.6 is 0 Å². The Morgan fingerprint density at radius 2 is 2.13 bits per heavy atom. The zero-order chi connectivity index (χ0) is 10.7. The molecule has 0 saturated heterocycles. The average molecular weight is 203 g/mol. The van der Waals surface area contributed by atoms with Crippen molar-refractivity contribution in [2.24, 2.45) is 12.1 Å². The smallest absolute Gasteiger partial charge is 0.304 e. The van der Waals surface area contributed by atoms with Crippen LogP contribution in [0.15, 0.2) is 35.4 Å². The van der Waals surface area contributed by atoms with Crippen LogP contribution in [0.5, 0.6) is 0 Å². The molecule has 6 heteroatoms. The van der Waals surface area contributed by atoms with Crippen molar-refractivity contribution in [2.45, 2.75) is 0 Å². The number of tetrazole rings is 1. The molecule has 1 heterocycles. The SMILES string of the molecule is C[n+]1nnn(N=Cc2ccccc2)c1N. The summed E-state index contributed by atoms with van der Waals surface area (Å²) >= 11 is 0. The Kier molecular flexibility index (Phi) is 2.40. The fraction of sp³-hybridized carbons (Fsp3) is 0.111. The van der Waals surface area contributed by atoms with Gasteiger partial charge in [0.05, 0.1) is 18.5 Å². The molecular weight excluding hydrogens is 192 g/mol. The molecule has 15 heavy (non-hydrogen) atoms. The molecule has 0 amide bonds. The van der Waals surface area contributed by atoms with Crippen molar-refractivity contribution in [1.82, 2.24) is 15.2 Å². The van der Waals surface area contributed by atoms with Gasteiger partial charge in [0.1, 0.15) is 5.21 Å². The number of hydrogen-bond donors (Lipinski definition) is 1. The van der Waals surface area contributed by atoms with Gasteiger partial charge in [0, 0.05) is 4.79 Å². The largest absolute Gasteiger partial charge is 0.388 e. The number of nitrogens with zero attached hydrogens (tertiary/aromatic N) is 5. The van der Waals surface area contributed by atoms with E-state index >= 15 is 0 Å². The molecule has 1 aromatic carbocycles. The van der Waals surface area contributed by atoms with E-state index < -0.39 is 0 Å². The van der Waals surface area contributed by atoms with Crippen LogP contribution in [0.25, 0.3) is 0 Å². The Labute approximate surface area is 86.6 Å². The Morgan fingerprint density at radius 1 is 1.40 bits per heavy atom.